The van der Waals surface area contributed by atoms with Gasteiger partial charge in [-0.3, -0.25) is 4.79 Å². The lowest BCUT2D eigenvalue weighted by Gasteiger charge is -2.10. The molecule has 0 aliphatic heterocycles. The minimum atomic E-state index is -3.90. The number of sulfonamides is 1. The van der Waals surface area contributed by atoms with Crippen molar-refractivity contribution >= 4 is 21.6 Å². The topological polar surface area (TPSA) is 153 Å². The minimum absolute atomic E-state index is 0.119. The molecule has 4 N–H and O–H groups in total. The summed E-state index contributed by atoms with van der Waals surface area (Å²) in [4.78, 5) is 11.6. The van der Waals surface area contributed by atoms with Gasteiger partial charge in [0, 0.05) is 0 Å². The summed E-state index contributed by atoms with van der Waals surface area (Å²) in [6.07, 6.45) is 0. The average Bonchev–Trinajstić information content (AvgIpc) is 2.91. The van der Waals surface area contributed by atoms with Gasteiger partial charge in [0.25, 0.3) is 11.7 Å². The fourth-order valence-corrected chi connectivity index (χ4v) is 1.94. The minimum Gasteiger partial charge on any atom is -0.495 e. The van der Waals surface area contributed by atoms with Gasteiger partial charge in [0.05, 0.1) is 17.7 Å². The number of ether oxygens (including phenoxy) is 1. The van der Waals surface area contributed by atoms with Crippen molar-refractivity contribution in [3.8, 4) is 5.75 Å². The number of hydrogen-bond acceptors (Lipinski definition) is 7. The number of carbonyl (C=O) groups excluding carboxylic acids is 1. The van der Waals surface area contributed by atoms with Gasteiger partial charge in [-0.15, -0.1) is 10.2 Å². The molecule has 2 aromatic rings. The van der Waals surface area contributed by atoms with Crippen LogP contribution in [-0.2, 0) is 10.0 Å². The highest BCUT2D eigenvalue weighted by Crippen LogP contribution is 2.27. The predicted octanol–water partition coefficient (Wildman–Crippen LogP) is -0.892. The summed E-state index contributed by atoms with van der Waals surface area (Å²) in [6, 6.07) is 3.80. The second-order valence-electron chi connectivity index (χ2n) is 3.60. The molecule has 1 aromatic carbocycles. The number of nitrogens with one attached hydrogen (secondary N) is 2. The first-order chi connectivity index (χ1) is 9.41. The fourth-order valence-electron chi connectivity index (χ4n) is 1.40. The third-order valence-corrected chi connectivity index (χ3v) is 3.21. The number of methoxy groups -OCH3 is 1. The van der Waals surface area contributed by atoms with Gasteiger partial charge in [-0.1, -0.05) is 0 Å². The number of rotatable bonds is 4. The number of H-pyrrole nitrogens is 1. The molecule has 0 saturated heterocycles. The first kappa shape index (κ1) is 13.9. The van der Waals surface area contributed by atoms with Crippen LogP contribution in [0.25, 0.3) is 0 Å². The van der Waals surface area contributed by atoms with Gasteiger partial charge in [-0.25, -0.2) is 13.6 Å². The molecule has 0 unspecified atom stereocenters. The molecule has 1 amide bonds. The summed E-state index contributed by atoms with van der Waals surface area (Å²) in [7, 11) is -2.53. The Labute approximate surface area is 113 Å². The second kappa shape index (κ2) is 5.22. The van der Waals surface area contributed by atoms with E-state index in [1.54, 1.807) is 0 Å². The van der Waals surface area contributed by atoms with Gasteiger partial charge >= 0.3 is 0 Å². The average molecular weight is 298 g/mol. The molecular formula is C9H10N6O4S. The Hall–Kier alpha value is -2.53. The van der Waals surface area contributed by atoms with Crippen molar-refractivity contribution in [3.63, 3.8) is 0 Å². The summed E-state index contributed by atoms with van der Waals surface area (Å²) in [5.41, 5.74) is 0.119. The van der Waals surface area contributed by atoms with Crippen LogP contribution in [0.5, 0.6) is 5.75 Å². The van der Waals surface area contributed by atoms with E-state index in [1.807, 2.05) is 0 Å². The molecule has 0 fully saturated rings. The lowest BCUT2D eigenvalue weighted by Crippen LogP contribution is -2.16. The molecule has 20 heavy (non-hydrogen) atoms. The number of hydrogen-bond donors (Lipinski definition) is 3. The summed E-state index contributed by atoms with van der Waals surface area (Å²) in [5.74, 6) is -0.620. The molecular weight excluding hydrogens is 288 g/mol. The molecule has 2 rings (SSSR count). The van der Waals surface area contributed by atoms with E-state index < -0.39 is 15.9 Å². The number of aromatic amines is 1. The van der Waals surface area contributed by atoms with E-state index in [4.69, 9.17) is 9.88 Å². The van der Waals surface area contributed by atoms with E-state index >= 15 is 0 Å². The molecule has 0 aliphatic carbocycles. The molecule has 1 heterocycles. The highest BCUT2D eigenvalue weighted by atomic mass is 32.2. The Morgan fingerprint density at radius 2 is 2.20 bits per heavy atom. The second-order valence-corrected chi connectivity index (χ2v) is 5.16. The molecule has 11 heteroatoms. The maximum atomic E-state index is 11.8. The first-order valence-electron chi connectivity index (χ1n) is 5.17. The first-order valence-corrected chi connectivity index (χ1v) is 6.72. The molecule has 0 atom stereocenters. The Morgan fingerprint density at radius 3 is 2.75 bits per heavy atom. The predicted molar refractivity (Wildman–Crippen MR) is 66.5 cm³/mol. The van der Waals surface area contributed by atoms with Crippen LogP contribution in [-0.4, -0.2) is 42.1 Å². The van der Waals surface area contributed by atoms with Crippen molar-refractivity contribution in [2.75, 3.05) is 12.4 Å². The van der Waals surface area contributed by atoms with Crippen LogP contribution < -0.4 is 15.2 Å². The van der Waals surface area contributed by atoms with Crippen LogP contribution in [0.1, 0.15) is 10.6 Å². The van der Waals surface area contributed by atoms with Crippen molar-refractivity contribution in [2.24, 2.45) is 5.14 Å². The normalized spacial score (nSPS) is 11.1. The molecule has 0 bridgehead atoms. The lowest BCUT2D eigenvalue weighted by molar-refractivity contribution is 0.101. The number of carbonyl (C=O) groups is 1. The van der Waals surface area contributed by atoms with Crippen molar-refractivity contribution in [1.82, 2.24) is 20.6 Å². The number of nitrogens with zero attached hydrogens (tertiary/aromatic N) is 3. The maximum absolute atomic E-state index is 11.8. The highest BCUT2D eigenvalue weighted by Gasteiger charge is 2.16. The number of anilines is 1. The number of primary sulfonamides is 1. The van der Waals surface area contributed by atoms with E-state index in [2.05, 4.69) is 25.9 Å². The number of aromatic nitrogens is 4. The van der Waals surface area contributed by atoms with Gasteiger partial charge in [0.1, 0.15) is 5.75 Å². The van der Waals surface area contributed by atoms with Crippen LogP contribution >= 0.6 is 0 Å². The van der Waals surface area contributed by atoms with E-state index in [1.165, 1.54) is 25.3 Å². The van der Waals surface area contributed by atoms with Gasteiger partial charge in [-0.2, -0.15) is 5.21 Å². The van der Waals surface area contributed by atoms with Gasteiger partial charge < -0.3 is 10.1 Å². The van der Waals surface area contributed by atoms with Crippen LogP contribution in [0.4, 0.5) is 5.69 Å². The molecule has 0 aliphatic rings. The Kier molecular flexibility index (Phi) is 3.63. The summed E-state index contributed by atoms with van der Waals surface area (Å²) < 4.78 is 27.6. The highest BCUT2D eigenvalue weighted by molar-refractivity contribution is 7.89. The molecule has 0 radical (unpaired) electrons. The largest absolute Gasteiger partial charge is 0.495 e. The lowest BCUT2D eigenvalue weighted by atomic mass is 10.3. The molecule has 106 valence electrons. The van der Waals surface area contributed by atoms with Crippen molar-refractivity contribution in [1.29, 1.82) is 0 Å². The zero-order valence-corrected chi connectivity index (χ0v) is 11.0. The third-order valence-electron chi connectivity index (χ3n) is 2.30. The Morgan fingerprint density at radius 1 is 1.45 bits per heavy atom. The van der Waals surface area contributed by atoms with Crippen LogP contribution in [0.3, 0.4) is 0 Å². The standard InChI is InChI=1S/C9H10N6O4S/c1-19-7-3-2-5(20(10,17)18)4-6(7)11-9(16)8-12-14-15-13-8/h2-4H,1H3,(H,11,16)(H2,10,17,18)(H,12,13,14,15). The van der Waals surface area contributed by atoms with Crippen molar-refractivity contribution in [3.05, 3.63) is 24.0 Å². The molecule has 0 spiro atoms. The van der Waals surface area contributed by atoms with E-state index in [0.29, 0.717) is 0 Å². The smallest absolute Gasteiger partial charge is 0.297 e. The zero-order valence-electron chi connectivity index (χ0n) is 10.2. The van der Waals surface area contributed by atoms with Crippen molar-refractivity contribution < 1.29 is 17.9 Å². The zero-order chi connectivity index (χ0) is 14.8. The fraction of sp³-hybridized carbons (Fsp3) is 0.111. The number of amides is 1. The Balaban J connectivity index is 2.37. The van der Waals surface area contributed by atoms with Gasteiger partial charge in [0.15, 0.2) is 0 Å². The summed E-state index contributed by atoms with van der Waals surface area (Å²) in [5, 5.41) is 19.8. The van der Waals surface area contributed by atoms with E-state index in [0.717, 1.165) is 0 Å². The monoisotopic (exact) mass is 298 g/mol. The van der Waals surface area contributed by atoms with Crippen LogP contribution in [0.15, 0.2) is 23.1 Å². The van der Waals surface area contributed by atoms with Gasteiger partial charge in [0.2, 0.25) is 10.0 Å². The quantitative estimate of drug-likeness (QED) is 0.661. The molecule has 1 aromatic heterocycles. The molecule has 10 nitrogen and oxygen atoms in total. The maximum Gasteiger partial charge on any atom is 0.297 e. The van der Waals surface area contributed by atoms with Gasteiger partial charge in [-0.05, 0) is 23.4 Å². The summed E-state index contributed by atoms with van der Waals surface area (Å²) in [6.45, 7) is 0. The molecule has 0 saturated carbocycles. The number of benzene rings is 1. The number of nitrogens with two attached hydrogens (primary N) is 1. The number of tetrazole rings is 1. The van der Waals surface area contributed by atoms with Crippen LogP contribution in [0.2, 0.25) is 0 Å². The van der Waals surface area contributed by atoms with E-state index in [9.17, 15) is 13.2 Å². The van der Waals surface area contributed by atoms with Crippen LogP contribution in [0, 0.1) is 0 Å². The third kappa shape index (κ3) is 2.89. The Bertz CT molecular complexity index is 727. The summed E-state index contributed by atoms with van der Waals surface area (Å²) >= 11 is 0. The van der Waals surface area contributed by atoms with Crippen molar-refractivity contribution in [2.45, 2.75) is 4.90 Å². The SMILES string of the molecule is COc1ccc(S(N)(=O)=O)cc1NC(=O)c1nn[nH]n1. The van der Waals surface area contributed by atoms with E-state index in [-0.39, 0.29) is 22.2 Å².